The second kappa shape index (κ2) is 7.03. The lowest BCUT2D eigenvalue weighted by atomic mass is 9.96. The summed E-state index contributed by atoms with van der Waals surface area (Å²) in [6.07, 6.45) is 3.20. The van der Waals surface area contributed by atoms with E-state index in [0.717, 1.165) is 12.8 Å². The number of amides is 2. The Labute approximate surface area is 107 Å². The summed E-state index contributed by atoms with van der Waals surface area (Å²) in [4.78, 5) is 13.3. The third-order valence-electron chi connectivity index (χ3n) is 3.06. The van der Waals surface area contributed by atoms with Crippen molar-refractivity contribution in [3.05, 3.63) is 0 Å². The summed E-state index contributed by atoms with van der Waals surface area (Å²) in [6.45, 7) is 0.916. The maximum absolute atomic E-state index is 11.9. The van der Waals surface area contributed by atoms with Gasteiger partial charge in [-0.05, 0) is 25.7 Å². The highest BCUT2D eigenvalue weighted by Crippen LogP contribution is 2.28. The van der Waals surface area contributed by atoms with Crippen molar-refractivity contribution in [2.45, 2.75) is 37.8 Å². The lowest BCUT2D eigenvalue weighted by Crippen LogP contribution is -2.58. The van der Waals surface area contributed by atoms with Crippen molar-refractivity contribution in [3.63, 3.8) is 0 Å². The molecule has 100 valence electrons. The Bertz CT molecular complexity index is 249. The minimum atomic E-state index is -1.20. The monoisotopic (exact) mass is 264 g/mol. The Hall–Kier alpha value is -0.520. The average molecular weight is 265 g/mol. The van der Waals surface area contributed by atoms with Crippen molar-refractivity contribution in [3.8, 4) is 0 Å². The van der Waals surface area contributed by atoms with E-state index >= 15 is 0 Å². The predicted molar refractivity (Wildman–Crippen MR) is 65.9 cm³/mol. The molecule has 0 aromatic carbocycles. The molecule has 1 aliphatic rings. The molecular weight excluding hydrogens is 244 g/mol. The average Bonchev–Trinajstić information content (AvgIpc) is 2.29. The number of halogens is 1. The van der Waals surface area contributed by atoms with Crippen LogP contribution in [0.1, 0.15) is 32.1 Å². The highest BCUT2D eigenvalue weighted by Gasteiger charge is 2.39. The first-order chi connectivity index (χ1) is 8.14. The Kier molecular flexibility index (Phi) is 6.02. The van der Waals surface area contributed by atoms with Crippen LogP contribution in [0.2, 0.25) is 0 Å². The number of likely N-dealkylation sites (tertiary alicyclic amines) is 1. The summed E-state index contributed by atoms with van der Waals surface area (Å²) in [5, 5.41) is 22.0. The van der Waals surface area contributed by atoms with Crippen LogP contribution in [-0.4, -0.2) is 52.4 Å². The fraction of sp³-hybridized carbons (Fsp3) is 0.909. The summed E-state index contributed by atoms with van der Waals surface area (Å²) in [7, 11) is 0. The molecule has 0 radical (unpaired) electrons. The van der Waals surface area contributed by atoms with E-state index in [0.29, 0.717) is 31.8 Å². The summed E-state index contributed by atoms with van der Waals surface area (Å²) < 4.78 is 0. The van der Waals surface area contributed by atoms with E-state index in [2.05, 4.69) is 5.32 Å². The van der Waals surface area contributed by atoms with Crippen molar-refractivity contribution < 1.29 is 15.0 Å². The second-order valence-corrected chi connectivity index (χ2v) is 4.72. The number of urea groups is 1. The topological polar surface area (TPSA) is 72.8 Å². The Morgan fingerprint density at radius 1 is 1.47 bits per heavy atom. The van der Waals surface area contributed by atoms with Crippen molar-refractivity contribution >= 4 is 17.6 Å². The molecule has 0 aliphatic carbocycles. The van der Waals surface area contributed by atoms with Crippen LogP contribution in [0.3, 0.4) is 0 Å². The molecule has 1 rings (SSSR count). The van der Waals surface area contributed by atoms with Gasteiger partial charge in [-0.2, -0.15) is 0 Å². The van der Waals surface area contributed by atoms with E-state index in [4.69, 9.17) is 16.7 Å². The van der Waals surface area contributed by atoms with Crippen molar-refractivity contribution in [1.29, 1.82) is 0 Å². The molecule has 2 amide bonds. The molecule has 17 heavy (non-hydrogen) atoms. The van der Waals surface area contributed by atoms with Crippen LogP contribution in [0.4, 0.5) is 4.79 Å². The number of rotatable bonds is 5. The maximum Gasteiger partial charge on any atom is 0.319 e. The normalized spacial score (nSPS) is 24.8. The molecular formula is C11H21ClN2O3. The fourth-order valence-corrected chi connectivity index (χ4v) is 2.24. The quantitative estimate of drug-likeness (QED) is 0.510. The van der Waals surface area contributed by atoms with E-state index in [1.165, 1.54) is 4.90 Å². The van der Waals surface area contributed by atoms with Crippen molar-refractivity contribution in [2.75, 3.05) is 25.6 Å². The zero-order valence-electron chi connectivity index (χ0n) is 9.99. The lowest BCUT2D eigenvalue weighted by Gasteiger charge is -2.43. The van der Waals surface area contributed by atoms with Crippen LogP contribution in [0.15, 0.2) is 0 Å². The molecule has 1 saturated heterocycles. The Morgan fingerprint density at radius 2 is 2.24 bits per heavy atom. The van der Waals surface area contributed by atoms with E-state index in [1.807, 2.05) is 0 Å². The second-order valence-electron chi connectivity index (χ2n) is 4.34. The summed E-state index contributed by atoms with van der Waals surface area (Å²) in [5.74, 6) is 0.501. The van der Waals surface area contributed by atoms with Crippen LogP contribution >= 0.6 is 11.6 Å². The molecule has 0 saturated carbocycles. The van der Waals surface area contributed by atoms with Gasteiger partial charge >= 0.3 is 6.03 Å². The number of aliphatic hydroxyl groups excluding tert-OH is 1. The number of alkyl halides is 1. The maximum atomic E-state index is 11.9. The Balaban J connectivity index is 2.54. The molecule has 5 nitrogen and oxygen atoms in total. The number of carbonyl (C=O) groups is 1. The van der Waals surface area contributed by atoms with E-state index in [1.54, 1.807) is 0 Å². The van der Waals surface area contributed by atoms with Gasteiger partial charge in [0.25, 0.3) is 0 Å². The largest absolute Gasteiger partial charge is 0.396 e. The van der Waals surface area contributed by atoms with Gasteiger partial charge in [0.2, 0.25) is 0 Å². The zero-order valence-corrected chi connectivity index (χ0v) is 10.7. The minimum absolute atomic E-state index is 0.123. The first-order valence-electron chi connectivity index (χ1n) is 6.09. The molecule has 3 N–H and O–H groups in total. The van der Waals surface area contributed by atoms with Gasteiger partial charge in [0, 0.05) is 32.0 Å². The first-order valence-corrected chi connectivity index (χ1v) is 6.62. The van der Waals surface area contributed by atoms with Gasteiger partial charge in [-0.3, -0.25) is 4.90 Å². The molecule has 0 spiro atoms. The summed E-state index contributed by atoms with van der Waals surface area (Å²) in [5.41, 5.74) is -1.20. The lowest BCUT2D eigenvalue weighted by molar-refractivity contribution is -0.117. The molecule has 1 unspecified atom stereocenters. The predicted octanol–water partition coefficient (Wildman–Crippen LogP) is 0.882. The number of hydrogen-bond acceptors (Lipinski definition) is 3. The van der Waals surface area contributed by atoms with Crippen molar-refractivity contribution in [2.24, 2.45) is 0 Å². The van der Waals surface area contributed by atoms with Gasteiger partial charge < -0.3 is 15.5 Å². The number of nitrogens with one attached hydrogen (secondary N) is 1. The molecule has 1 heterocycles. The van der Waals surface area contributed by atoms with Gasteiger partial charge in [0.1, 0.15) is 5.72 Å². The molecule has 1 atom stereocenters. The van der Waals surface area contributed by atoms with E-state index < -0.39 is 5.72 Å². The van der Waals surface area contributed by atoms with Gasteiger partial charge in [-0.25, -0.2) is 4.79 Å². The highest BCUT2D eigenvalue weighted by molar-refractivity contribution is 6.17. The van der Waals surface area contributed by atoms with Crippen LogP contribution in [0.25, 0.3) is 0 Å². The molecule has 0 aromatic rings. The third kappa shape index (κ3) is 4.01. The summed E-state index contributed by atoms with van der Waals surface area (Å²) >= 11 is 5.53. The first kappa shape index (κ1) is 14.5. The molecule has 6 heteroatoms. The van der Waals surface area contributed by atoms with Gasteiger partial charge in [-0.1, -0.05) is 0 Å². The van der Waals surface area contributed by atoms with Gasteiger partial charge in [-0.15, -0.1) is 11.6 Å². The fourth-order valence-electron chi connectivity index (χ4n) is 2.11. The van der Waals surface area contributed by atoms with E-state index in [-0.39, 0.29) is 19.1 Å². The number of hydrogen-bond donors (Lipinski definition) is 3. The SMILES string of the molecule is O=C(NCCCCl)N1CCCCC1(O)CCO. The Morgan fingerprint density at radius 3 is 2.88 bits per heavy atom. The molecule has 1 aliphatic heterocycles. The molecule has 0 bridgehead atoms. The zero-order chi connectivity index (χ0) is 12.7. The number of nitrogens with zero attached hydrogens (tertiary/aromatic N) is 1. The van der Waals surface area contributed by atoms with Crippen LogP contribution < -0.4 is 5.32 Å². The highest BCUT2D eigenvalue weighted by atomic mass is 35.5. The van der Waals surface area contributed by atoms with Gasteiger partial charge in [0.05, 0.1) is 0 Å². The van der Waals surface area contributed by atoms with Gasteiger partial charge in [0.15, 0.2) is 0 Å². The number of aliphatic hydroxyl groups is 2. The minimum Gasteiger partial charge on any atom is -0.396 e. The molecule has 1 fully saturated rings. The third-order valence-corrected chi connectivity index (χ3v) is 3.32. The standard InChI is InChI=1S/C11H21ClN2O3/c12-6-3-7-13-10(16)14-8-2-1-4-11(14,17)5-9-15/h15,17H,1-9H2,(H,13,16). The van der Waals surface area contributed by atoms with Crippen molar-refractivity contribution in [1.82, 2.24) is 10.2 Å². The van der Waals surface area contributed by atoms with Crippen LogP contribution in [0, 0.1) is 0 Å². The molecule has 0 aromatic heterocycles. The van der Waals surface area contributed by atoms with E-state index in [9.17, 15) is 9.90 Å². The number of piperidine rings is 1. The number of carbonyl (C=O) groups excluding carboxylic acids is 1. The summed E-state index contributed by atoms with van der Waals surface area (Å²) in [6, 6.07) is -0.272. The van der Waals surface area contributed by atoms with Crippen LogP contribution in [0.5, 0.6) is 0 Å². The smallest absolute Gasteiger partial charge is 0.319 e. The van der Waals surface area contributed by atoms with Crippen LogP contribution in [-0.2, 0) is 0 Å².